The average Bonchev–Trinajstić information content (AvgIpc) is 2.40. The van der Waals surface area contributed by atoms with E-state index in [0.29, 0.717) is 0 Å². The van der Waals surface area contributed by atoms with Crippen LogP contribution in [0.5, 0.6) is 0 Å². The minimum absolute atomic E-state index is 0.872. The Morgan fingerprint density at radius 1 is 1.00 bits per heavy atom. The SMILES string of the molecule is CC(C)C[C@@H]1CCCCN1[C@H]1CC2CCC1CC2. The summed E-state index contributed by atoms with van der Waals surface area (Å²) in [5.41, 5.74) is 0. The average molecular weight is 249 g/mol. The van der Waals surface area contributed by atoms with Gasteiger partial charge in [-0.3, -0.25) is 4.90 Å². The first-order valence-corrected chi connectivity index (χ1v) is 8.49. The van der Waals surface area contributed by atoms with E-state index in [9.17, 15) is 0 Å². The third-order valence-electron chi connectivity index (χ3n) is 5.85. The fourth-order valence-electron chi connectivity index (χ4n) is 5.01. The summed E-state index contributed by atoms with van der Waals surface area (Å²) < 4.78 is 0. The molecule has 0 aromatic carbocycles. The molecule has 0 aromatic rings. The summed E-state index contributed by atoms with van der Waals surface area (Å²) in [5.74, 6) is 3.01. The van der Waals surface area contributed by atoms with Crippen molar-refractivity contribution in [3.05, 3.63) is 0 Å². The molecule has 2 bridgehead atoms. The Kier molecular flexibility index (Phi) is 3.98. The topological polar surface area (TPSA) is 3.24 Å². The van der Waals surface area contributed by atoms with Crippen LogP contribution >= 0.6 is 0 Å². The van der Waals surface area contributed by atoms with Crippen LogP contribution in [0.4, 0.5) is 0 Å². The molecular formula is C17H31N. The molecule has 0 spiro atoms. The van der Waals surface area contributed by atoms with Crippen molar-refractivity contribution in [1.82, 2.24) is 4.90 Å². The molecule has 0 N–H and O–H groups in total. The Morgan fingerprint density at radius 3 is 2.39 bits per heavy atom. The number of hydrogen-bond acceptors (Lipinski definition) is 1. The van der Waals surface area contributed by atoms with E-state index in [-0.39, 0.29) is 0 Å². The molecule has 2 atom stereocenters. The normalized spacial score (nSPS) is 41.5. The Balaban J connectivity index is 1.68. The highest BCUT2D eigenvalue weighted by Gasteiger charge is 2.41. The highest BCUT2D eigenvalue weighted by molar-refractivity contribution is 4.95. The third-order valence-corrected chi connectivity index (χ3v) is 5.85. The maximum absolute atomic E-state index is 2.97. The monoisotopic (exact) mass is 249 g/mol. The lowest BCUT2D eigenvalue weighted by Gasteiger charge is -2.51. The second-order valence-electron chi connectivity index (χ2n) is 7.60. The van der Waals surface area contributed by atoms with Crippen LogP contribution in [0.25, 0.3) is 0 Å². The summed E-state index contributed by atoms with van der Waals surface area (Å²) in [6, 6.07) is 1.89. The number of likely N-dealkylation sites (tertiary alicyclic amines) is 1. The minimum atomic E-state index is 0.872. The predicted molar refractivity (Wildman–Crippen MR) is 77.7 cm³/mol. The van der Waals surface area contributed by atoms with Crippen LogP contribution in [0.1, 0.15) is 71.6 Å². The number of fused-ring (bicyclic) bond motifs is 3. The van der Waals surface area contributed by atoms with Gasteiger partial charge in [0.15, 0.2) is 0 Å². The van der Waals surface area contributed by atoms with E-state index in [2.05, 4.69) is 18.7 Å². The van der Waals surface area contributed by atoms with Crippen LogP contribution in [0, 0.1) is 17.8 Å². The van der Waals surface area contributed by atoms with E-state index in [1.54, 1.807) is 32.1 Å². The summed E-state index contributed by atoms with van der Waals surface area (Å²) in [5, 5.41) is 0. The lowest BCUT2D eigenvalue weighted by atomic mass is 9.67. The summed E-state index contributed by atoms with van der Waals surface area (Å²) in [6.07, 6.45) is 13.6. The van der Waals surface area contributed by atoms with Crippen LogP contribution in [-0.4, -0.2) is 23.5 Å². The number of rotatable bonds is 3. The van der Waals surface area contributed by atoms with Crippen LogP contribution in [0.2, 0.25) is 0 Å². The molecule has 1 heteroatoms. The first kappa shape index (κ1) is 13.0. The first-order chi connectivity index (χ1) is 8.74. The molecule has 4 aliphatic rings. The molecule has 0 unspecified atom stereocenters. The van der Waals surface area contributed by atoms with Crippen LogP contribution < -0.4 is 0 Å². The zero-order valence-electron chi connectivity index (χ0n) is 12.4. The number of piperidine rings is 1. The Labute approximate surface area is 113 Å². The highest BCUT2D eigenvalue weighted by Crippen LogP contribution is 2.45. The van der Waals surface area contributed by atoms with E-state index in [4.69, 9.17) is 0 Å². The van der Waals surface area contributed by atoms with Gasteiger partial charge in [0, 0.05) is 12.1 Å². The van der Waals surface area contributed by atoms with Gasteiger partial charge in [0.1, 0.15) is 0 Å². The second kappa shape index (κ2) is 5.53. The fraction of sp³-hybridized carbons (Fsp3) is 1.00. The van der Waals surface area contributed by atoms with Gasteiger partial charge in [0.05, 0.1) is 0 Å². The fourth-order valence-corrected chi connectivity index (χ4v) is 5.01. The standard InChI is InChI=1S/C17H31N/c1-13(2)11-16-5-3-4-10-18(16)17-12-14-6-8-15(17)9-7-14/h13-17H,3-12H2,1-2H3/t14?,15?,16-,17-/m0/s1. The van der Waals surface area contributed by atoms with E-state index in [1.807, 2.05) is 0 Å². The number of nitrogens with zero attached hydrogens (tertiary/aromatic N) is 1. The third kappa shape index (κ3) is 2.61. The van der Waals surface area contributed by atoms with Crippen molar-refractivity contribution in [1.29, 1.82) is 0 Å². The van der Waals surface area contributed by atoms with Gasteiger partial charge in [0.2, 0.25) is 0 Å². The Morgan fingerprint density at radius 2 is 1.78 bits per heavy atom. The molecule has 3 saturated carbocycles. The zero-order chi connectivity index (χ0) is 12.5. The lowest BCUT2D eigenvalue weighted by molar-refractivity contribution is -0.0124. The van der Waals surface area contributed by atoms with Crippen molar-refractivity contribution >= 4 is 0 Å². The maximum atomic E-state index is 2.97. The van der Waals surface area contributed by atoms with Crippen molar-refractivity contribution in [2.75, 3.05) is 6.54 Å². The second-order valence-corrected chi connectivity index (χ2v) is 7.60. The largest absolute Gasteiger partial charge is 0.297 e. The van der Waals surface area contributed by atoms with Gasteiger partial charge in [-0.1, -0.05) is 33.1 Å². The molecule has 4 rings (SSSR count). The van der Waals surface area contributed by atoms with E-state index in [0.717, 1.165) is 29.8 Å². The van der Waals surface area contributed by atoms with Crippen molar-refractivity contribution in [3.63, 3.8) is 0 Å². The molecule has 104 valence electrons. The van der Waals surface area contributed by atoms with Gasteiger partial charge in [-0.15, -0.1) is 0 Å². The summed E-state index contributed by atoms with van der Waals surface area (Å²) in [7, 11) is 0. The lowest BCUT2D eigenvalue weighted by Crippen LogP contribution is -2.53. The first-order valence-electron chi connectivity index (χ1n) is 8.49. The van der Waals surface area contributed by atoms with Gasteiger partial charge in [0.25, 0.3) is 0 Å². The van der Waals surface area contributed by atoms with Crippen molar-refractivity contribution in [3.8, 4) is 0 Å². The molecular weight excluding hydrogens is 218 g/mol. The molecule has 1 saturated heterocycles. The van der Waals surface area contributed by atoms with Crippen molar-refractivity contribution in [2.24, 2.45) is 17.8 Å². The van der Waals surface area contributed by atoms with Gasteiger partial charge in [-0.2, -0.15) is 0 Å². The van der Waals surface area contributed by atoms with E-state index >= 15 is 0 Å². The molecule has 18 heavy (non-hydrogen) atoms. The van der Waals surface area contributed by atoms with E-state index < -0.39 is 0 Å². The Hall–Kier alpha value is -0.0400. The predicted octanol–water partition coefficient (Wildman–Crippen LogP) is 4.47. The minimum Gasteiger partial charge on any atom is -0.297 e. The van der Waals surface area contributed by atoms with Gasteiger partial charge >= 0.3 is 0 Å². The van der Waals surface area contributed by atoms with E-state index in [1.165, 1.54) is 32.2 Å². The highest BCUT2D eigenvalue weighted by atomic mass is 15.2. The molecule has 1 aliphatic heterocycles. The summed E-state index contributed by atoms with van der Waals surface area (Å²) in [4.78, 5) is 2.97. The summed E-state index contributed by atoms with van der Waals surface area (Å²) in [6.45, 7) is 6.21. The van der Waals surface area contributed by atoms with Crippen LogP contribution in [0.3, 0.4) is 0 Å². The molecule has 0 aromatic heterocycles. The van der Waals surface area contributed by atoms with Crippen LogP contribution in [-0.2, 0) is 0 Å². The maximum Gasteiger partial charge on any atom is 0.0129 e. The van der Waals surface area contributed by atoms with Gasteiger partial charge in [-0.05, 0) is 62.8 Å². The molecule has 3 aliphatic carbocycles. The molecule has 0 amide bonds. The van der Waals surface area contributed by atoms with Gasteiger partial charge in [-0.25, -0.2) is 0 Å². The smallest absolute Gasteiger partial charge is 0.0129 e. The molecule has 1 heterocycles. The molecule has 1 nitrogen and oxygen atoms in total. The van der Waals surface area contributed by atoms with Crippen molar-refractivity contribution < 1.29 is 0 Å². The van der Waals surface area contributed by atoms with Crippen LogP contribution in [0.15, 0.2) is 0 Å². The zero-order valence-corrected chi connectivity index (χ0v) is 12.4. The van der Waals surface area contributed by atoms with Crippen molar-refractivity contribution in [2.45, 2.75) is 83.7 Å². The molecule has 4 fully saturated rings. The Bertz CT molecular complexity index is 265. The number of hydrogen-bond donors (Lipinski definition) is 0. The summed E-state index contributed by atoms with van der Waals surface area (Å²) >= 11 is 0. The molecule has 0 radical (unpaired) electrons. The van der Waals surface area contributed by atoms with Gasteiger partial charge < -0.3 is 0 Å². The quantitative estimate of drug-likeness (QED) is 0.713.